The van der Waals surface area contributed by atoms with Crippen LogP contribution in [-0.2, 0) is 11.2 Å². The monoisotopic (exact) mass is 257 g/mol. The molecule has 0 heterocycles. The fraction of sp³-hybridized carbons (Fsp3) is 0.412. The minimum atomic E-state index is -0.300. The van der Waals surface area contributed by atoms with Crippen molar-refractivity contribution in [1.82, 2.24) is 0 Å². The van der Waals surface area contributed by atoms with E-state index in [0.717, 1.165) is 6.42 Å². The molecule has 0 aliphatic rings. The van der Waals surface area contributed by atoms with E-state index in [0.29, 0.717) is 6.61 Å². The van der Waals surface area contributed by atoms with Gasteiger partial charge in [0.1, 0.15) is 0 Å². The van der Waals surface area contributed by atoms with Crippen molar-refractivity contribution in [2.45, 2.75) is 38.8 Å². The predicted molar refractivity (Wildman–Crippen MR) is 81.3 cm³/mol. The van der Waals surface area contributed by atoms with Crippen LogP contribution < -0.4 is 5.73 Å². The molecule has 2 rings (SSSR count). The minimum absolute atomic E-state index is 0.0155. The Labute approximate surface area is 115 Å². The molecule has 0 fully saturated rings. The number of ether oxygens (including phenoxy) is 1. The average Bonchev–Trinajstić information content (AvgIpc) is 2.39. The zero-order chi connectivity index (χ0) is 13.9. The molecular formula is C17H23NO. The van der Waals surface area contributed by atoms with Crippen molar-refractivity contribution in [2.75, 3.05) is 6.61 Å². The van der Waals surface area contributed by atoms with Gasteiger partial charge in [-0.15, -0.1) is 0 Å². The highest BCUT2D eigenvalue weighted by atomic mass is 16.5. The maximum atomic E-state index is 6.34. The van der Waals surface area contributed by atoms with Crippen LogP contribution in [0.1, 0.15) is 26.3 Å². The Morgan fingerprint density at radius 2 is 1.79 bits per heavy atom. The predicted octanol–water partition coefficient (Wildman–Crippen LogP) is 3.52. The molecule has 0 bridgehead atoms. The van der Waals surface area contributed by atoms with Crippen molar-refractivity contribution < 1.29 is 4.74 Å². The Morgan fingerprint density at radius 1 is 1.11 bits per heavy atom. The summed E-state index contributed by atoms with van der Waals surface area (Å²) in [5.41, 5.74) is 7.33. The molecule has 2 aromatic carbocycles. The fourth-order valence-electron chi connectivity index (χ4n) is 2.43. The lowest BCUT2D eigenvalue weighted by atomic mass is 9.91. The molecule has 2 nitrogen and oxygen atoms in total. The Morgan fingerprint density at radius 3 is 2.53 bits per heavy atom. The summed E-state index contributed by atoms with van der Waals surface area (Å²) in [6.07, 6.45) is 0.828. The third kappa shape index (κ3) is 3.14. The lowest BCUT2D eigenvalue weighted by Gasteiger charge is -2.31. The van der Waals surface area contributed by atoms with Gasteiger partial charge in [0.25, 0.3) is 0 Å². The molecule has 2 heteroatoms. The summed E-state index contributed by atoms with van der Waals surface area (Å²) in [7, 11) is 0. The summed E-state index contributed by atoms with van der Waals surface area (Å²) in [5, 5.41) is 2.55. The van der Waals surface area contributed by atoms with E-state index in [2.05, 4.69) is 56.3 Å². The summed E-state index contributed by atoms with van der Waals surface area (Å²) in [6.45, 7) is 6.82. The van der Waals surface area contributed by atoms with E-state index in [-0.39, 0.29) is 11.6 Å². The smallest absolute Gasteiger partial charge is 0.0779 e. The summed E-state index contributed by atoms with van der Waals surface area (Å²) in [6, 6.07) is 14.8. The van der Waals surface area contributed by atoms with Crippen LogP contribution in [0.15, 0.2) is 42.5 Å². The topological polar surface area (TPSA) is 35.2 Å². The van der Waals surface area contributed by atoms with Crippen molar-refractivity contribution >= 4 is 10.8 Å². The molecule has 0 aromatic heterocycles. The van der Waals surface area contributed by atoms with Crippen molar-refractivity contribution in [2.24, 2.45) is 5.73 Å². The van der Waals surface area contributed by atoms with Crippen LogP contribution in [-0.4, -0.2) is 18.2 Å². The lowest BCUT2D eigenvalue weighted by molar-refractivity contribution is -0.0287. The molecule has 0 aliphatic carbocycles. The molecule has 0 saturated carbocycles. The highest BCUT2D eigenvalue weighted by molar-refractivity contribution is 5.85. The van der Waals surface area contributed by atoms with Gasteiger partial charge < -0.3 is 10.5 Å². The first-order valence-corrected chi connectivity index (χ1v) is 6.91. The van der Waals surface area contributed by atoms with Crippen LogP contribution in [0.2, 0.25) is 0 Å². The van der Waals surface area contributed by atoms with Crippen LogP contribution in [0.4, 0.5) is 0 Å². The maximum Gasteiger partial charge on any atom is 0.0779 e. The van der Waals surface area contributed by atoms with E-state index >= 15 is 0 Å². The summed E-state index contributed by atoms with van der Waals surface area (Å²) in [5.74, 6) is 0. The Bertz CT molecular complexity index is 542. The van der Waals surface area contributed by atoms with Crippen LogP contribution in [0.3, 0.4) is 0 Å². The van der Waals surface area contributed by atoms with Gasteiger partial charge in [0.2, 0.25) is 0 Å². The van der Waals surface area contributed by atoms with E-state index < -0.39 is 0 Å². The second kappa shape index (κ2) is 5.72. The zero-order valence-corrected chi connectivity index (χ0v) is 12.0. The maximum absolute atomic E-state index is 6.34. The first-order valence-electron chi connectivity index (χ1n) is 6.91. The van der Waals surface area contributed by atoms with Crippen molar-refractivity contribution in [3.05, 3.63) is 48.0 Å². The molecule has 2 N–H and O–H groups in total. The molecule has 1 unspecified atom stereocenters. The quantitative estimate of drug-likeness (QED) is 0.889. The second-order valence-corrected chi connectivity index (χ2v) is 5.49. The normalized spacial score (nSPS) is 13.7. The second-order valence-electron chi connectivity index (χ2n) is 5.49. The highest BCUT2D eigenvalue weighted by Crippen LogP contribution is 2.23. The molecule has 0 radical (unpaired) electrons. The summed E-state index contributed by atoms with van der Waals surface area (Å²) >= 11 is 0. The number of rotatable bonds is 5. The van der Waals surface area contributed by atoms with Crippen LogP contribution in [0.25, 0.3) is 10.8 Å². The van der Waals surface area contributed by atoms with Crippen LogP contribution >= 0.6 is 0 Å². The van der Waals surface area contributed by atoms with Gasteiger partial charge in [-0.25, -0.2) is 0 Å². The van der Waals surface area contributed by atoms with Crippen molar-refractivity contribution in [3.8, 4) is 0 Å². The first-order chi connectivity index (χ1) is 9.04. The van der Waals surface area contributed by atoms with Gasteiger partial charge in [0.05, 0.1) is 5.60 Å². The molecule has 19 heavy (non-hydrogen) atoms. The zero-order valence-electron chi connectivity index (χ0n) is 12.0. The molecule has 0 aliphatic heterocycles. The van der Waals surface area contributed by atoms with Gasteiger partial charge in [0, 0.05) is 12.6 Å². The van der Waals surface area contributed by atoms with Gasteiger partial charge >= 0.3 is 0 Å². The third-order valence-corrected chi connectivity index (χ3v) is 3.73. The largest absolute Gasteiger partial charge is 0.374 e. The highest BCUT2D eigenvalue weighted by Gasteiger charge is 2.27. The van der Waals surface area contributed by atoms with Crippen molar-refractivity contribution in [1.29, 1.82) is 0 Å². The Hall–Kier alpha value is -1.38. The Kier molecular flexibility index (Phi) is 4.23. The third-order valence-electron chi connectivity index (χ3n) is 3.73. The minimum Gasteiger partial charge on any atom is -0.374 e. The number of hydrogen-bond donors (Lipinski definition) is 1. The SMILES string of the molecule is CCOC(C)(C)C(N)Cc1cccc2ccccc12. The molecule has 0 spiro atoms. The molecule has 0 saturated heterocycles. The molecule has 2 aromatic rings. The number of benzene rings is 2. The van der Waals surface area contributed by atoms with Gasteiger partial charge in [-0.05, 0) is 43.5 Å². The Balaban J connectivity index is 2.26. The van der Waals surface area contributed by atoms with Gasteiger partial charge in [-0.1, -0.05) is 42.5 Å². The molecule has 0 amide bonds. The van der Waals surface area contributed by atoms with E-state index in [1.54, 1.807) is 0 Å². The van der Waals surface area contributed by atoms with E-state index in [1.807, 2.05) is 6.92 Å². The standard InChI is InChI=1S/C17H23NO/c1-4-19-17(2,3)16(18)12-14-10-7-9-13-8-5-6-11-15(13)14/h5-11,16H,4,12,18H2,1-3H3. The lowest BCUT2D eigenvalue weighted by Crippen LogP contribution is -2.46. The molecular weight excluding hydrogens is 234 g/mol. The van der Waals surface area contributed by atoms with E-state index in [1.165, 1.54) is 16.3 Å². The first kappa shape index (κ1) is 14.0. The van der Waals surface area contributed by atoms with Crippen molar-refractivity contribution in [3.63, 3.8) is 0 Å². The van der Waals surface area contributed by atoms with Gasteiger partial charge in [0.15, 0.2) is 0 Å². The van der Waals surface area contributed by atoms with E-state index in [4.69, 9.17) is 10.5 Å². The fourth-order valence-corrected chi connectivity index (χ4v) is 2.43. The van der Waals surface area contributed by atoms with Crippen LogP contribution in [0, 0.1) is 0 Å². The summed E-state index contributed by atoms with van der Waals surface area (Å²) in [4.78, 5) is 0. The van der Waals surface area contributed by atoms with Gasteiger partial charge in [-0.2, -0.15) is 0 Å². The summed E-state index contributed by atoms with van der Waals surface area (Å²) < 4.78 is 5.75. The molecule has 102 valence electrons. The number of nitrogens with two attached hydrogens (primary N) is 1. The van der Waals surface area contributed by atoms with Crippen LogP contribution in [0.5, 0.6) is 0 Å². The van der Waals surface area contributed by atoms with E-state index in [9.17, 15) is 0 Å². The molecule has 1 atom stereocenters. The van der Waals surface area contributed by atoms with Gasteiger partial charge in [-0.3, -0.25) is 0 Å². The number of hydrogen-bond acceptors (Lipinski definition) is 2. The average molecular weight is 257 g/mol. The number of fused-ring (bicyclic) bond motifs is 1.